The van der Waals surface area contributed by atoms with E-state index in [1.165, 1.54) is 0 Å². The summed E-state index contributed by atoms with van der Waals surface area (Å²) in [4.78, 5) is 13.2. The lowest BCUT2D eigenvalue weighted by molar-refractivity contribution is 0.701. The number of aromatic nitrogens is 3. The fourth-order valence-electron chi connectivity index (χ4n) is 2.19. The van der Waals surface area contributed by atoms with Gasteiger partial charge in [0, 0.05) is 30.7 Å². The standard InChI is InChI=1S/C16H16N4/c1-2-10-20-15-8-4-3-7-14(15)19-16(20)18-12-13-6-5-9-17-11-13/h3-9,11-12H,2,10H2,1H3/b18-12+. The van der Waals surface area contributed by atoms with E-state index in [0.29, 0.717) is 0 Å². The smallest absolute Gasteiger partial charge is 0.230 e. The van der Waals surface area contributed by atoms with Crippen LogP contribution in [0.5, 0.6) is 0 Å². The van der Waals surface area contributed by atoms with Crippen LogP contribution in [0.3, 0.4) is 0 Å². The van der Waals surface area contributed by atoms with Gasteiger partial charge in [-0.15, -0.1) is 0 Å². The van der Waals surface area contributed by atoms with Gasteiger partial charge >= 0.3 is 0 Å². The van der Waals surface area contributed by atoms with Crippen LogP contribution in [0.2, 0.25) is 0 Å². The maximum absolute atomic E-state index is 4.59. The van der Waals surface area contributed by atoms with E-state index in [4.69, 9.17) is 0 Å². The number of pyridine rings is 1. The zero-order chi connectivity index (χ0) is 13.8. The van der Waals surface area contributed by atoms with Crippen LogP contribution in [0.4, 0.5) is 5.95 Å². The van der Waals surface area contributed by atoms with Crippen LogP contribution in [0, 0.1) is 0 Å². The molecule has 0 amide bonds. The Bertz CT molecular complexity index is 729. The molecule has 3 aromatic rings. The van der Waals surface area contributed by atoms with Gasteiger partial charge in [0.1, 0.15) is 0 Å². The Kier molecular flexibility index (Phi) is 3.54. The lowest BCUT2D eigenvalue weighted by Gasteiger charge is -2.03. The molecule has 0 aliphatic rings. The lowest BCUT2D eigenvalue weighted by Crippen LogP contribution is -1.96. The van der Waals surface area contributed by atoms with Gasteiger partial charge in [-0.05, 0) is 24.6 Å². The molecule has 20 heavy (non-hydrogen) atoms. The first-order chi connectivity index (χ1) is 9.88. The molecule has 0 bridgehead atoms. The van der Waals surface area contributed by atoms with Crippen molar-refractivity contribution in [1.29, 1.82) is 0 Å². The van der Waals surface area contributed by atoms with Crippen molar-refractivity contribution in [3.05, 3.63) is 54.4 Å². The molecular weight excluding hydrogens is 248 g/mol. The predicted octanol–water partition coefficient (Wildman–Crippen LogP) is 3.59. The molecule has 3 rings (SSSR count). The molecule has 0 spiro atoms. The summed E-state index contributed by atoms with van der Waals surface area (Å²) in [6.45, 7) is 3.07. The van der Waals surface area contributed by atoms with Crippen LogP contribution in [0.25, 0.3) is 11.0 Å². The van der Waals surface area contributed by atoms with Crippen LogP contribution in [0.15, 0.2) is 53.8 Å². The highest BCUT2D eigenvalue weighted by molar-refractivity contribution is 5.83. The van der Waals surface area contributed by atoms with Gasteiger partial charge < -0.3 is 4.57 Å². The molecule has 0 aliphatic heterocycles. The molecule has 1 aromatic carbocycles. The van der Waals surface area contributed by atoms with E-state index < -0.39 is 0 Å². The highest BCUT2D eigenvalue weighted by Crippen LogP contribution is 2.21. The SMILES string of the molecule is CCCn1c(/N=C/c2cccnc2)nc2ccccc21. The summed E-state index contributed by atoms with van der Waals surface area (Å²) in [7, 11) is 0. The summed E-state index contributed by atoms with van der Waals surface area (Å²) >= 11 is 0. The van der Waals surface area contributed by atoms with Crippen LogP contribution >= 0.6 is 0 Å². The Morgan fingerprint density at radius 3 is 2.90 bits per heavy atom. The third-order valence-electron chi connectivity index (χ3n) is 3.10. The van der Waals surface area contributed by atoms with Crippen molar-refractivity contribution in [2.45, 2.75) is 19.9 Å². The molecule has 0 saturated carbocycles. The lowest BCUT2D eigenvalue weighted by atomic mass is 10.3. The number of benzene rings is 1. The number of rotatable bonds is 4. The van der Waals surface area contributed by atoms with Crippen LogP contribution in [0.1, 0.15) is 18.9 Å². The molecule has 4 heteroatoms. The first-order valence-corrected chi connectivity index (χ1v) is 6.78. The number of nitrogens with zero attached hydrogens (tertiary/aromatic N) is 4. The van der Waals surface area contributed by atoms with Gasteiger partial charge in [-0.1, -0.05) is 25.1 Å². The number of hydrogen-bond acceptors (Lipinski definition) is 3. The van der Waals surface area contributed by atoms with Crippen LogP contribution in [-0.4, -0.2) is 20.7 Å². The number of aliphatic imine (C=N–C) groups is 1. The molecule has 4 nitrogen and oxygen atoms in total. The van der Waals surface area contributed by atoms with Crippen LogP contribution < -0.4 is 0 Å². The average Bonchev–Trinajstić information content (AvgIpc) is 2.85. The summed E-state index contributed by atoms with van der Waals surface area (Å²) in [6.07, 6.45) is 6.40. The van der Waals surface area contributed by atoms with Gasteiger partial charge in [0.25, 0.3) is 0 Å². The monoisotopic (exact) mass is 264 g/mol. The summed E-state index contributed by atoms with van der Waals surface area (Å²) < 4.78 is 2.15. The first kappa shape index (κ1) is 12.5. The van der Waals surface area contributed by atoms with Crippen molar-refractivity contribution < 1.29 is 0 Å². The second-order valence-corrected chi connectivity index (χ2v) is 4.60. The summed E-state index contributed by atoms with van der Waals surface area (Å²) in [5, 5.41) is 0. The molecule has 100 valence electrons. The number of para-hydroxylation sites is 2. The second kappa shape index (κ2) is 5.65. The normalized spacial score (nSPS) is 11.4. The van der Waals surface area contributed by atoms with Crippen molar-refractivity contribution in [3.63, 3.8) is 0 Å². The number of imidazole rings is 1. The van der Waals surface area contributed by atoms with E-state index in [-0.39, 0.29) is 0 Å². The van der Waals surface area contributed by atoms with Gasteiger partial charge in [0.05, 0.1) is 11.0 Å². The third-order valence-corrected chi connectivity index (χ3v) is 3.10. The molecule has 0 N–H and O–H groups in total. The van der Waals surface area contributed by atoms with Gasteiger partial charge in [-0.2, -0.15) is 0 Å². The summed E-state index contributed by atoms with van der Waals surface area (Å²) in [6, 6.07) is 12.0. The quantitative estimate of drug-likeness (QED) is 0.676. The largest absolute Gasteiger partial charge is 0.308 e. The van der Waals surface area contributed by atoms with Gasteiger partial charge in [0.15, 0.2) is 0 Å². The van der Waals surface area contributed by atoms with E-state index >= 15 is 0 Å². The molecule has 0 saturated heterocycles. The van der Waals surface area contributed by atoms with Crippen molar-refractivity contribution in [2.75, 3.05) is 0 Å². The molecule has 0 atom stereocenters. The van der Waals surface area contributed by atoms with Crippen molar-refractivity contribution in [3.8, 4) is 0 Å². The number of hydrogen-bond donors (Lipinski definition) is 0. The molecule has 0 fully saturated rings. The predicted molar refractivity (Wildman–Crippen MR) is 81.5 cm³/mol. The highest BCUT2D eigenvalue weighted by atomic mass is 15.2. The Morgan fingerprint density at radius 2 is 2.10 bits per heavy atom. The zero-order valence-electron chi connectivity index (χ0n) is 11.4. The molecule has 2 aromatic heterocycles. The third kappa shape index (κ3) is 2.45. The minimum absolute atomic E-state index is 0.747. The summed E-state index contributed by atoms with van der Waals surface area (Å²) in [5.41, 5.74) is 3.09. The fraction of sp³-hybridized carbons (Fsp3) is 0.188. The van der Waals surface area contributed by atoms with Crippen molar-refractivity contribution in [2.24, 2.45) is 4.99 Å². The first-order valence-electron chi connectivity index (χ1n) is 6.78. The number of fused-ring (bicyclic) bond motifs is 1. The van der Waals surface area contributed by atoms with Crippen molar-refractivity contribution >= 4 is 23.2 Å². The van der Waals surface area contributed by atoms with E-state index in [0.717, 1.165) is 35.5 Å². The van der Waals surface area contributed by atoms with Gasteiger partial charge in [-0.25, -0.2) is 9.98 Å². The Labute approximate surface area is 117 Å². The zero-order valence-corrected chi connectivity index (χ0v) is 11.4. The average molecular weight is 264 g/mol. The topological polar surface area (TPSA) is 43.1 Å². The Balaban J connectivity index is 2.02. The molecule has 2 heterocycles. The number of aryl methyl sites for hydroxylation is 1. The maximum Gasteiger partial charge on any atom is 0.230 e. The van der Waals surface area contributed by atoms with E-state index in [1.54, 1.807) is 18.6 Å². The van der Waals surface area contributed by atoms with E-state index in [2.05, 4.69) is 32.5 Å². The van der Waals surface area contributed by atoms with E-state index in [1.807, 2.05) is 30.3 Å². The maximum atomic E-state index is 4.59. The van der Waals surface area contributed by atoms with E-state index in [9.17, 15) is 0 Å². The minimum Gasteiger partial charge on any atom is -0.308 e. The summed E-state index contributed by atoms with van der Waals surface area (Å²) in [5.74, 6) is 0.747. The second-order valence-electron chi connectivity index (χ2n) is 4.60. The van der Waals surface area contributed by atoms with Crippen molar-refractivity contribution in [1.82, 2.24) is 14.5 Å². The Morgan fingerprint density at radius 1 is 1.20 bits per heavy atom. The van der Waals surface area contributed by atoms with Gasteiger partial charge in [0.2, 0.25) is 5.95 Å². The van der Waals surface area contributed by atoms with Crippen LogP contribution in [-0.2, 0) is 6.54 Å². The highest BCUT2D eigenvalue weighted by Gasteiger charge is 2.07. The molecule has 0 radical (unpaired) electrons. The molecular formula is C16H16N4. The fourth-order valence-corrected chi connectivity index (χ4v) is 2.19. The minimum atomic E-state index is 0.747. The molecule has 0 aliphatic carbocycles. The molecule has 0 unspecified atom stereocenters. The van der Waals surface area contributed by atoms with Gasteiger partial charge in [-0.3, -0.25) is 4.98 Å². The Hall–Kier alpha value is -2.49.